The molecular weight excluding hydrogens is 385 g/mol. The minimum atomic E-state index is -4.62. The van der Waals surface area contributed by atoms with Crippen LogP contribution in [-0.4, -0.2) is 33.0 Å². The molecule has 1 aromatic carbocycles. The van der Waals surface area contributed by atoms with Gasteiger partial charge in [-0.15, -0.1) is 0 Å². The van der Waals surface area contributed by atoms with E-state index in [1.54, 1.807) is 4.68 Å². The van der Waals surface area contributed by atoms with Crippen molar-refractivity contribution in [1.29, 1.82) is 0 Å². The Kier molecular flexibility index (Phi) is 4.84. The first-order valence-corrected chi connectivity index (χ1v) is 9.56. The van der Waals surface area contributed by atoms with E-state index in [0.717, 1.165) is 42.8 Å². The van der Waals surface area contributed by atoms with Gasteiger partial charge >= 0.3 is 6.18 Å². The molecule has 4 rings (SSSR count). The number of rotatable bonds is 3. The molecule has 6 nitrogen and oxygen atoms in total. The smallest absolute Gasteiger partial charge is 0.331 e. The molecule has 0 radical (unpaired) electrons. The number of nitrogens with zero attached hydrogens (tertiary/aromatic N) is 3. The number of amides is 2. The van der Waals surface area contributed by atoms with Crippen LogP contribution in [0, 0.1) is 12.8 Å². The Balaban J connectivity index is 1.60. The molecule has 2 heterocycles. The van der Waals surface area contributed by atoms with Crippen LogP contribution in [0.2, 0.25) is 0 Å². The van der Waals surface area contributed by atoms with Crippen LogP contribution in [0.4, 0.5) is 18.9 Å². The van der Waals surface area contributed by atoms with E-state index in [9.17, 15) is 22.8 Å². The minimum Gasteiger partial charge on any atom is -0.331 e. The maximum atomic E-state index is 13.4. The normalized spacial score (nSPS) is 16.9. The lowest BCUT2D eigenvalue weighted by atomic mass is 9.85. The van der Waals surface area contributed by atoms with Gasteiger partial charge < -0.3 is 10.2 Å². The van der Waals surface area contributed by atoms with Crippen LogP contribution in [0.5, 0.6) is 0 Å². The van der Waals surface area contributed by atoms with E-state index in [1.807, 2.05) is 13.0 Å². The number of aryl methyl sites for hydroxylation is 1. The van der Waals surface area contributed by atoms with E-state index in [-0.39, 0.29) is 29.6 Å². The average Bonchev–Trinajstić information content (AvgIpc) is 2.97. The molecule has 9 heteroatoms. The molecule has 1 aliphatic carbocycles. The van der Waals surface area contributed by atoms with Crippen molar-refractivity contribution >= 4 is 17.5 Å². The summed E-state index contributed by atoms with van der Waals surface area (Å²) in [5, 5.41) is 6.87. The van der Waals surface area contributed by atoms with Crippen molar-refractivity contribution in [1.82, 2.24) is 14.7 Å². The second kappa shape index (κ2) is 7.20. The summed E-state index contributed by atoms with van der Waals surface area (Å²) in [4.78, 5) is 26.6. The molecule has 0 bridgehead atoms. The molecule has 1 saturated carbocycles. The summed E-state index contributed by atoms with van der Waals surface area (Å²) in [7, 11) is 0. The highest BCUT2D eigenvalue weighted by Crippen LogP contribution is 2.34. The first kappa shape index (κ1) is 19.5. The molecule has 1 N–H and O–H groups in total. The van der Waals surface area contributed by atoms with E-state index in [0.29, 0.717) is 13.1 Å². The summed E-state index contributed by atoms with van der Waals surface area (Å²) in [6.45, 7) is 2.97. The quantitative estimate of drug-likeness (QED) is 0.847. The Morgan fingerprint density at radius 1 is 1.14 bits per heavy atom. The fourth-order valence-corrected chi connectivity index (χ4v) is 3.67. The summed E-state index contributed by atoms with van der Waals surface area (Å²) >= 11 is 0. The zero-order valence-electron chi connectivity index (χ0n) is 15.9. The first-order valence-electron chi connectivity index (χ1n) is 9.56. The van der Waals surface area contributed by atoms with Gasteiger partial charge in [-0.25, -0.2) is 0 Å². The maximum Gasteiger partial charge on any atom is 0.416 e. The highest BCUT2D eigenvalue weighted by Gasteiger charge is 2.33. The maximum absolute atomic E-state index is 13.4. The Hall–Kier alpha value is -2.84. The molecule has 1 fully saturated rings. The van der Waals surface area contributed by atoms with E-state index in [1.165, 1.54) is 11.0 Å². The Morgan fingerprint density at radius 3 is 2.55 bits per heavy atom. The molecule has 2 aromatic rings. The third-order valence-corrected chi connectivity index (χ3v) is 5.46. The molecule has 0 atom stereocenters. The monoisotopic (exact) mass is 406 g/mol. The van der Waals surface area contributed by atoms with Crippen molar-refractivity contribution in [2.24, 2.45) is 5.92 Å². The fraction of sp³-hybridized carbons (Fsp3) is 0.450. The number of benzene rings is 1. The molecule has 0 spiro atoms. The molecule has 29 heavy (non-hydrogen) atoms. The molecule has 1 aromatic heterocycles. The summed E-state index contributed by atoms with van der Waals surface area (Å²) in [5.74, 6) is -0.971. The molecular formula is C20H21F3N4O2. The van der Waals surface area contributed by atoms with Crippen LogP contribution in [0.3, 0.4) is 0 Å². The van der Waals surface area contributed by atoms with E-state index < -0.39 is 17.6 Å². The van der Waals surface area contributed by atoms with Gasteiger partial charge in [0, 0.05) is 23.7 Å². The van der Waals surface area contributed by atoms with Crippen molar-refractivity contribution in [2.75, 3.05) is 11.9 Å². The number of anilines is 1. The van der Waals surface area contributed by atoms with Crippen LogP contribution < -0.4 is 5.32 Å². The minimum absolute atomic E-state index is 0.00188. The van der Waals surface area contributed by atoms with Gasteiger partial charge in [-0.2, -0.15) is 18.3 Å². The Labute approximate surface area is 165 Å². The molecule has 2 aliphatic rings. The number of hydrogen-bond donors (Lipinski definition) is 1. The topological polar surface area (TPSA) is 67.2 Å². The van der Waals surface area contributed by atoms with Crippen LogP contribution in [-0.2, 0) is 24.1 Å². The van der Waals surface area contributed by atoms with E-state index >= 15 is 0 Å². The lowest BCUT2D eigenvalue weighted by Gasteiger charge is -2.28. The Bertz CT molecular complexity index is 963. The van der Waals surface area contributed by atoms with Crippen molar-refractivity contribution in [3.05, 3.63) is 46.8 Å². The zero-order chi connectivity index (χ0) is 20.8. The van der Waals surface area contributed by atoms with Gasteiger partial charge in [0.1, 0.15) is 0 Å². The number of nitrogens with one attached hydrogen (secondary N) is 1. The lowest BCUT2D eigenvalue weighted by molar-refractivity contribution is -0.137. The summed E-state index contributed by atoms with van der Waals surface area (Å²) in [6.07, 6.45) is -2.21. The molecule has 1 aliphatic heterocycles. The SMILES string of the molecule is Cc1cc2n(n1)CCN(C(=O)c1cc(NC(=O)C3CCC3)cc(C(F)(F)F)c1)C2. The van der Waals surface area contributed by atoms with Gasteiger partial charge in [-0.1, -0.05) is 6.42 Å². The third-order valence-electron chi connectivity index (χ3n) is 5.46. The van der Waals surface area contributed by atoms with Gasteiger partial charge in [-0.3, -0.25) is 14.3 Å². The highest BCUT2D eigenvalue weighted by molar-refractivity contribution is 5.98. The number of carbonyl (C=O) groups is 2. The summed E-state index contributed by atoms with van der Waals surface area (Å²) in [5.41, 5.74) is 0.624. The second-order valence-corrected chi connectivity index (χ2v) is 7.64. The van der Waals surface area contributed by atoms with Gasteiger partial charge in [0.2, 0.25) is 5.91 Å². The average molecular weight is 406 g/mol. The van der Waals surface area contributed by atoms with Crippen LogP contribution in [0.15, 0.2) is 24.3 Å². The number of alkyl halides is 3. The van der Waals surface area contributed by atoms with Crippen LogP contribution in [0.25, 0.3) is 0 Å². The van der Waals surface area contributed by atoms with Crippen molar-refractivity contribution in [3.8, 4) is 0 Å². The number of halogens is 3. The summed E-state index contributed by atoms with van der Waals surface area (Å²) in [6, 6.07) is 4.90. The highest BCUT2D eigenvalue weighted by atomic mass is 19.4. The van der Waals surface area contributed by atoms with Crippen LogP contribution in [0.1, 0.15) is 46.6 Å². The molecule has 0 unspecified atom stereocenters. The van der Waals surface area contributed by atoms with Gasteiger partial charge in [0.05, 0.1) is 30.0 Å². The van der Waals surface area contributed by atoms with Gasteiger partial charge in [-0.05, 0) is 44.0 Å². The van der Waals surface area contributed by atoms with E-state index in [4.69, 9.17) is 0 Å². The largest absolute Gasteiger partial charge is 0.416 e. The number of hydrogen-bond acceptors (Lipinski definition) is 3. The predicted molar refractivity (Wildman–Crippen MR) is 99.1 cm³/mol. The molecule has 0 saturated heterocycles. The van der Waals surface area contributed by atoms with Gasteiger partial charge in [0.15, 0.2) is 0 Å². The van der Waals surface area contributed by atoms with Crippen molar-refractivity contribution in [2.45, 2.75) is 45.5 Å². The molecule has 2 amide bonds. The van der Waals surface area contributed by atoms with Crippen molar-refractivity contribution in [3.63, 3.8) is 0 Å². The summed E-state index contributed by atoms with van der Waals surface area (Å²) < 4.78 is 41.9. The fourth-order valence-electron chi connectivity index (χ4n) is 3.67. The second-order valence-electron chi connectivity index (χ2n) is 7.64. The lowest BCUT2D eigenvalue weighted by Crippen LogP contribution is -2.38. The standard InChI is InChI=1S/C20H21F3N4O2/c1-12-7-17-11-26(5-6-27(17)25-12)19(29)14-8-15(20(21,22)23)10-16(9-14)24-18(28)13-3-2-4-13/h7-10,13H,2-6,11H2,1H3,(H,24,28). The third kappa shape index (κ3) is 3.99. The van der Waals surface area contributed by atoms with E-state index in [2.05, 4.69) is 10.4 Å². The van der Waals surface area contributed by atoms with Crippen molar-refractivity contribution < 1.29 is 22.8 Å². The number of fused-ring (bicyclic) bond motifs is 1. The van der Waals surface area contributed by atoms with Gasteiger partial charge in [0.25, 0.3) is 5.91 Å². The first-order chi connectivity index (χ1) is 13.7. The Morgan fingerprint density at radius 2 is 1.90 bits per heavy atom. The number of carbonyl (C=O) groups excluding carboxylic acids is 2. The number of aromatic nitrogens is 2. The predicted octanol–water partition coefficient (Wildman–Crippen LogP) is 3.60. The van der Waals surface area contributed by atoms with Crippen LogP contribution >= 0.6 is 0 Å². The molecule has 154 valence electrons. The zero-order valence-corrected chi connectivity index (χ0v) is 15.9.